The molecule has 0 radical (unpaired) electrons. The summed E-state index contributed by atoms with van der Waals surface area (Å²) in [6.45, 7) is 3.41. The van der Waals surface area contributed by atoms with Crippen LogP contribution in [0, 0.1) is 0 Å². The molecule has 0 aromatic carbocycles. The third-order valence-corrected chi connectivity index (χ3v) is 1.75. The zero-order valence-electron chi connectivity index (χ0n) is 7.16. The van der Waals surface area contributed by atoms with Crippen LogP contribution in [0.4, 0.5) is 0 Å². The van der Waals surface area contributed by atoms with Crippen LogP contribution in [0.25, 0.3) is 0 Å². The van der Waals surface area contributed by atoms with Crippen molar-refractivity contribution in [3.8, 4) is 0 Å². The molecule has 1 rings (SSSR count). The lowest BCUT2D eigenvalue weighted by atomic mass is 9.89. The highest BCUT2D eigenvalue weighted by Gasteiger charge is 2.24. The van der Waals surface area contributed by atoms with Crippen molar-refractivity contribution in [3.63, 3.8) is 0 Å². The maximum absolute atomic E-state index is 10.6. The molecule has 1 unspecified atom stereocenters. The second-order valence-corrected chi connectivity index (χ2v) is 3.43. The summed E-state index contributed by atoms with van der Waals surface area (Å²) in [5.41, 5.74) is 0.0516. The van der Waals surface area contributed by atoms with E-state index in [2.05, 4.69) is 0 Å². The third-order valence-electron chi connectivity index (χ3n) is 1.75. The van der Waals surface area contributed by atoms with Crippen LogP contribution in [-0.4, -0.2) is 21.8 Å². The predicted molar refractivity (Wildman–Crippen MR) is 44.7 cm³/mol. The van der Waals surface area contributed by atoms with Gasteiger partial charge in [-0.1, -0.05) is 5.57 Å². The number of aliphatic hydroxyl groups is 1. The highest BCUT2D eigenvalue weighted by Crippen LogP contribution is 2.25. The second-order valence-electron chi connectivity index (χ2n) is 3.43. The molecule has 0 aromatic rings. The van der Waals surface area contributed by atoms with E-state index in [1.54, 1.807) is 13.0 Å². The van der Waals surface area contributed by atoms with E-state index in [-0.39, 0.29) is 5.57 Å². The Kier molecular flexibility index (Phi) is 2.06. The van der Waals surface area contributed by atoms with E-state index in [1.165, 1.54) is 6.08 Å². The molecular weight excluding hydrogens is 156 g/mol. The van der Waals surface area contributed by atoms with Crippen LogP contribution in [0.15, 0.2) is 23.3 Å². The van der Waals surface area contributed by atoms with E-state index in [4.69, 9.17) is 5.11 Å². The highest BCUT2D eigenvalue weighted by molar-refractivity contribution is 5.90. The first-order valence-electron chi connectivity index (χ1n) is 3.76. The minimum Gasteiger partial charge on any atom is -0.478 e. The molecule has 1 atom stereocenters. The maximum atomic E-state index is 10.6. The van der Waals surface area contributed by atoms with Gasteiger partial charge >= 0.3 is 5.97 Å². The molecule has 1 aliphatic rings. The van der Waals surface area contributed by atoms with Gasteiger partial charge in [-0.25, -0.2) is 4.79 Å². The number of carbonyl (C=O) groups is 1. The first-order chi connectivity index (χ1) is 5.41. The van der Waals surface area contributed by atoms with Crippen molar-refractivity contribution >= 4 is 5.97 Å². The summed E-state index contributed by atoms with van der Waals surface area (Å²) in [5.74, 6) is -0.991. The van der Waals surface area contributed by atoms with Crippen LogP contribution in [-0.2, 0) is 4.79 Å². The number of hydrogen-bond acceptors (Lipinski definition) is 2. The van der Waals surface area contributed by atoms with Crippen molar-refractivity contribution in [2.24, 2.45) is 0 Å². The van der Waals surface area contributed by atoms with Gasteiger partial charge in [0.05, 0.1) is 11.2 Å². The van der Waals surface area contributed by atoms with Crippen molar-refractivity contribution in [2.75, 3.05) is 0 Å². The van der Waals surface area contributed by atoms with Gasteiger partial charge in [0.25, 0.3) is 0 Å². The van der Waals surface area contributed by atoms with Gasteiger partial charge in [0.2, 0.25) is 0 Å². The Balaban J connectivity index is 3.01. The molecule has 3 nitrogen and oxygen atoms in total. The Morgan fingerprint density at radius 3 is 2.67 bits per heavy atom. The van der Waals surface area contributed by atoms with Crippen molar-refractivity contribution < 1.29 is 15.0 Å². The van der Waals surface area contributed by atoms with Gasteiger partial charge in [-0.15, -0.1) is 0 Å². The van der Waals surface area contributed by atoms with Crippen LogP contribution < -0.4 is 0 Å². The number of carboxylic acid groups (broad SMARTS) is 1. The Labute approximate surface area is 71.0 Å². The van der Waals surface area contributed by atoms with Gasteiger partial charge in [0.15, 0.2) is 0 Å². The highest BCUT2D eigenvalue weighted by atomic mass is 16.4. The molecule has 0 heterocycles. The molecule has 0 fully saturated rings. The Hall–Kier alpha value is -1.09. The van der Waals surface area contributed by atoms with E-state index in [0.29, 0.717) is 6.42 Å². The molecule has 66 valence electrons. The number of hydrogen-bond donors (Lipinski definition) is 2. The number of aliphatic carboxylic acids is 1. The zero-order chi connectivity index (χ0) is 9.35. The van der Waals surface area contributed by atoms with Crippen molar-refractivity contribution in [1.29, 1.82) is 0 Å². The molecule has 0 bridgehead atoms. The normalized spacial score (nSPS) is 29.2. The zero-order valence-corrected chi connectivity index (χ0v) is 7.16. The molecule has 0 amide bonds. The van der Waals surface area contributed by atoms with Gasteiger partial charge in [-0.05, 0) is 26.0 Å². The molecule has 0 aromatic heterocycles. The van der Waals surface area contributed by atoms with Crippen LogP contribution in [0.2, 0.25) is 0 Å². The van der Waals surface area contributed by atoms with Crippen molar-refractivity contribution in [2.45, 2.75) is 25.9 Å². The molecule has 0 saturated carbocycles. The van der Waals surface area contributed by atoms with Gasteiger partial charge in [-0.3, -0.25) is 0 Å². The number of rotatable bonds is 1. The van der Waals surface area contributed by atoms with E-state index in [1.807, 2.05) is 6.92 Å². The second kappa shape index (κ2) is 2.75. The minimum atomic E-state index is -1.01. The fourth-order valence-corrected chi connectivity index (χ4v) is 1.43. The Morgan fingerprint density at radius 2 is 2.25 bits per heavy atom. The van der Waals surface area contributed by atoms with E-state index >= 15 is 0 Å². The molecule has 1 aliphatic carbocycles. The summed E-state index contributed by atoms with van der Waals surface area (Å²) in [7, 11) is 0. The quantitative estimate of drug-likeness (QED) is 0.616. The SMILES string of the molecule is CC1=CC(C(=O)O)=CC(C)(O)C1. The summed E-state index contributed by atoms with van der Waals surface area (Å²) in [6, 6.07) is 0. The summed E-state index contributed by atoms with van der Waals surface area (Å²) in [5, 5.41) is 18.2. The standard InChI is InChI=1S/C9H12O3/c1-6-3-7(8(10)11)5-9(2,12)4-6/h3,5,12H,4H2,1-2H3,(H,10,11). The molecule has 3 heteroatoms. The average molecular weight is 168 g/mol. The van der Waals surface area contributed by atoms with Crippen LogP contribution >= 0.6 is 0 Å². The lowest BCUT2D eigenvalue weighted by Crippen LogP contribution is -2.25. The lowest BCUT2D eigenvalue weighted by Gasteiger charge is -2.23. The number of carboxylic acids is 1. The minimum absolute atomic E-state index is 0.170. The molecule has 0 aliphatic heterocycles. The van der Waals surface area contributed by atoms with Crippen molar-refractivity contribution in [3.05, 3.63) is 23.3 Å². The molecular formula is C9H12O3. The Morgan fingerprint density at radius 1 is 1.67 bits per heavy atom. The van der Waals surface area contributed by atoms with E-state index in [0.717, 1.165) is 5.57 Å². The monoisotopic (exact) mass is 168 g/mol. The first kappa shape index (κ1) is 9.00. The summed E-state index contributed by atoms with van der Waals surface area (Å²) in [6.07, 6.45) is 3.46. The largest absolute Gasteiger partial charge is 0.478 e. The maximum Gasteiger partial charge on any atom is 0.335 e. The van der Waals surface area contributed by atoms with Gasteiger partial charge in [0, 0.05) is 6.42 Å². The molecule has 2 N–H and O–H groups in total. The lowest BCUT2D eigenvalue weighted by molar-refractivity contribution is -0.132. The van der Waals surface area contributed by atoms with Crippen LogP contribution in [0.5, 0.6) is 0 Å². The van der Waals surface area contributed by atoms with Gasteiger partial charge in [-0.2, -0.15) is 0 Å². The summed E-state index contributed by atoms with van der Waals surface area (Å²) in [4.78, 5) is 10.6. The molecule has 0 saturated heterocycles. The van der Waals surface area contributed by atoms with Crippen LogP contribution in [0.1, 0.15) is 20.3 Å². The fourth-order valence-electron chi connectivity index (χ4n) is 1.43. The van der Waals surface area contributed by atoms with Crippen molar-refractivity contribution in [1.82, 2.24) is 0 Å². The molecule has 0 spiro atoms. The smallest absolute Gasteiger partial charge is 0.335 e. The first-order valence-corrected chi connectivity index (χ1v) is 3.76. The van der Waals surface area contributed by atoms with E-state index < -0.39 is 11.6 Å². The van der Waals surface area contributed by atoms with Gasteiger partial charge in [0.1, 0.15) is 0 Å². The van der Waals surface area contributed by atoms with E-state index in [9.17, 15) is 9.90 Å². The summed E-state index contributed by atoms with van der Waals surface area (Å²) >= 11 is 0. The topological polar surface area (TPSA) is 57.5 Å². The average Bonchev–Trinajstić information content (AvgIpc) is 1.82. The fraction of sp³-hybridized carbons (Fsp3) is 0.444. The Bertz CT molecular complexity index is 271. The van der Waals surface area contributed by atoms with Gasteiger partial charge < -0.3 is 10.2 Å². The summed E-state index contributed by atoms with van der Waals surface area (Å²) < 4.78 is 0. The van der Waals surface area contributed by atoms with Crippen LogP contribution in [0.3, 0.4) is 0 Å². The molecule has 12 heavy (non-hydrogen) atoms. The predicted octanol–water partition coefficient (Wildman–Crippen LogP) is 1.10. The third kappa shape index (κ3) is 1.95.